The van der Waals surface area contributed by atoms with Gasteiger partial charge in [0, 0.05) is 5.56 Å². The van der Waals surface area contributed by atoms with Gasteiger partial charge in [0.05, 0.1) is 11.9 Å². The zero-order valence-corrected chi connectivity index (χ0v) is 10.1. The van der Waals surface area contributed by atoms with E-state index in [0.29, 0.717) is 17.1 Å². The molecular formula is C13H13FN2O2. The summed E-state index contributed by atoms with van der Waals surface area (Å²) in [6, 6.07) is 6.04. The maximum atomic E-state index is 13.1. The van der Waals surface area contributed by atoms with Gasteiger partial charge in [-0.2, -0.15) is 0 Å². The van der Waals surface area contributed by atoms with Gasteiger partial charge in [0.2, 0.25) is 0 Å². The molecule has 4 nitrogen and oxygen atoms in total. The van der Waals surface area contributed by atoms with Crippen molar-refractivity contribution >= 4 is 5.97 Å². The van der Waals surface area contributed by atoms with Crippen LogP contribution >= 0.6 is 0 Å². The summed E-state index contributed by atoms with van der Waals surface area (Å²) in [5, 5.41) is 9.10. The average Bonchev–Trinajstić information content (AvgIpc) is 2.78. The Hall–Kier alpha value is -2.17. The number of rotatable bonds is 3. The van der Waals surface area contributed by atoms with E-state index in [1.54, 1.807) is 26.0 Å². The highest BCUT2D eigenvalue weighted by atomic mass is 19.1. The van der Waals surface area contributed by atoms with Crippen molar-refractivity contribution in [2.75, 3.05) is 0 Å². The molecule has 0 saturated heterocycles. The zero-order valence-electron chi connectivity index (χ0n) is 10.1. The van der Waals surface area contributed by atoms with Gasteiger partial charge >= 0.3 is 5.97 Å². The first-order valence-corrected chi connectivity index (χ1v) is 5.46. The van der Waals surface area contributed by atoms with Crippen molar-refractivity contribution in [2.45, 2.75) is 19.3 Å². The zero-order chi connectivity index (χ0) is 13.3. The Kier molecular flexibility index (Phi) is 2.90. The molecule has 2 N–H and O–H groups in total. The minimum atomic E-state index is -1.11. The topological polar surface area (TPSA) is 66.0 Å². The van der Waals surface area contributed by atoms with Gasteiger partial charge < -0.3 is 10.1 Å². The molecule has 1 aromatic carbocycles. The molecule has 18 heavy (non-hydrogen) atoms. The van der Waals surface area contributed by atoms with Gasteiger partial charge in [-0.3, -0.25) is 4.79 Å². The number of H-pyrrole nitrogens is 1. The van der Waals surface area contributed by atoms with Crippen molar-refractivity contribution < 1.29 is 14.3 Å². The van der Waals surface area contributed by atoms with E-state index in [-0.39, 0.29) is 5.82 Å². The Balaban J connectivity index is 2.40. The third kappa shape index (κ3) is 2.11. The van der Waals surface area contributed by atoms with E-state index < -0.39 is 11.4 Å². The summed E-state index contributed by atoms with van der Waals surface area (Å²) in [7, 11) is 0. The molecule has 1 heterocycles. The molecule has 2 aromatic rings. The van der Waals surface area contributed by atoms with Gasteiger partial charge in [-0.25, -0.2) is 9.37 Å². The molecule has 2 rings (SSSR count). The van der Waals surface area contributed by atoms with Crippen LogP contribution in [0.15, 0.2) is 30.5 Å². The highest BCUT2D eigenvalue weighted by Crippen LogP contribution is 2.24. The second kappa shape index (κ2) is 4.25. The summed E-state index contributed by atoms with van der Waals surface area (Å²) in [6.45, 7) is 3.12. The number of hydrogen-bond acceptors (Lipinski definition) is 2. The molecule has 0 bridgehead atoms. The van der Waals surface area contributed by atoms with Gasteiger partial charge in [0.25, 0.3) is 0 Å². The average molecular weight is 248 g/mol. The van der Waals surface area contributed by atoms with E-state index in [0.717, 1.165) is 0 Å². The number of carboxylic acids is 1. The standard InChI is InChI=1S/C13H13FN2O2/c1-13(2,12(17)18)11-15-7-10(16-11)8-4-3-5-9(14)6-8/h3-7H,1-2H3,(H,15,16)(H,17,18). The first-order valence-electron chi connectivity index (χ1n) is 5.46. The first-order chi connectivity index (χ1) is 8.41. The number of aromatic amines is 1. The fourth-order valence-corrected chi connectivity index (χ4v) is 1.54. The van der Waals surface area contributed by atoms with Gasteiger partial charge in [0.1, 0.15) is 17.1 Å². The lowest BCUT2D eigenvalue weighted by molar-refractivity contribution is -0.142. The molecule has 0 aliphatic heterocycles. The third-order valence-electron chi connectivity index (χ3n) is 2.84. The maximum absolute atomic E-state index is 13.1. The van der Waals surface area contributed by atoms with Crippen LogP contribution in [0.25, 0.3) is 11.3 Å². The highest BCUT2D eigenvalue weighted by molar-refractivity contribution is 5.79. The summed E-state index contributed by atoms with van der Waals surface area (Å²) in [4.78, 5) is 18.1. The molecule has 0 radical (unpaired) electrons. The molecule has 94 valence electrons. The Labute approximate surface area is 103 Å². The van der Waals surface area contributed by atoms with E-state index in [1.807, 2.05) is 0 Å². The summed E-state index contributed by atoms with van der Waals surface area (Å²) in [5.41, 5.74) is 0.125. The summed E-state index contributed by atoms with van der Waals surface area (Å²) >= 11 is 0. The third-order valence-corrected chi connectivity index (χ3v) is 2.84. The molecule has 0 fully saturated rings. The SMILES string of the molecule is CC(C)(C(=O)O)c1ncc(-c2cccc(F)c2)[nH]1. The number of carboxylic acid groups (broad SMARTS) is 1. The largest absolute Gasteiger partial charge is 0.481 e. The van der Waals surface area contributed by atoms with Gasteiger partial charge in [-0.15, -0.1) is 0 Å². The minimum Gasteiger partial charge on any atom is -0.481 e. The molecule has 0 aliphatic carbocycles. The first kappa shape index (κ1) is 12.3. The van der Waals surface area contributed by atoms with Gasteiger partial charge in [-0.1, -0.05) is 12.1 Å². The van der Waals surface area contributed by atoms with Crippen LogP contribution in [0, 0.1) is 5.82 Å². The lowest BCUT2D eigenvalue weighted by Crippen LogP contribution is -2.29. The van der Waals surface area contributed by atoms with E-state index in [4.69, 9.17) is 5.11 Å². The molecule has 0 aliphatic rings. The monoisotopic (exact) mass is 248 g/mol. The predicted octanol–water partition coefficient (Wildman–Crippen LogP) is 2.58. The smallest absolute Gasteiger partial charge is 0.316 e. The lowest BCUT2D eigenvalue weighted by Gasteiger charge is -2.15. The number of aromatic nitrogens is 2. The fraction of sp³-hybridized carbons (Fsp3) is 0.231. The van der Waals surface area contributed by atoms with E-state index in [1.165, 1.54) is 18.3 Å². The van der Waals surface area contributed by atoms with Crippen LogP contribution in [0.1, 0.15) is 19.7 Å². The van der Waals surface area contributed by atoms with Crippen LogP contribution < -0.4 is 0 Å². The molecule has 5 heteroatoms. The number of halogens is 1. The number of carbonyl (C=O) groups is 1. The maximum Gasteiger partial charge on any atom is 0.316 e. The highest BCUT2D eigenvalue weighted by Gasteiger charge is 2.32. The predicted molar refractivity (Wildman–Crippen MR) is 64.6 cm³/mol. The number of nitrogens with one attached hydrogen (secondary N) is 1. The Bertz CT molecular complexity index is 590. The fourth-order valence-electron chi connectivity index (χ4n) is 1.54. The molecular weight excluding hydrogens is 235 g/mol. The number of nitrogens with zero attached hydrogens (tertiary/aromatic N) is 1. The van der Waals surface area contributed by atoms with E-state index >= 15 is 0 Å². The van der Waals surface area contributed by atoms with Gasteiger partial charge in [0.15, 0.2) is 0 Å². The second-order valence-electron chi connectivity index (χ2n) is 4.59. The molecule has 0 spiro atoms. The van der Waals surface area contributed by atoms with Crippen molar-refractivity contribution in [3.05, 3.63) is 42.1 Å². The number of benzene rings is 1. The lowest BCUT2D eigenvalue weighted by atomic mass is 9.93. The van der Waals surface area contributed by atoms with Crippen molar-refractivity contribution in [3.63, 3.8) is 0 Å². The van der Waals surface area contributed by atoms with Crippen LogP contribution in [0.3, 0.4) is 0 Å². The van der Waals surface area contributed by atoms with Gasteiger partial charge in [-0.05, 0) is 26.0 Å². The molecule has 0 atom stereocenters. The molecule has 0 amide bonds. The number of imidazole rings is 1. The Morgan fingerprint density at radius 1 is 1.44 bits per heavy atom. The van der Waals surface area contributed by atoms with Crippen LogP contribution in [0.5, 0.6) is 0 Å². The number of hydrogen-bond donors (Lipinski definition) is 2. The summed E-state index contributed by atoms with van der Waals surface area (Å²) < 4.78 is 13.1. The van der Waals surface area contributed by atoms with E-state index in [2.05, 4.69) is 9.97 Å². The Morgan fingerprint density at radius 2 is 2.17 bits per heavy atom. The van der Waals surface area contributed by atoms with Crippen molar-refractivity contribution in [3.8, 4) is 11.3 Å². The molecule has 0 saturated carbocycles. The van der Waals surface area contributed by atoms with Crippen molar-refractivity contribution in [1.82, 2.24) is 9.97 Å². The number of aliphatic carboxylic acids is 1. The normalized spacial score (nSPS) is 11.5. The van der Waals surface area contributed by atoms with Crippen molar-refractivity contribution in [1.29, 1.82) is 0 Å². The molecule has 1 aromatic heterocycles. The molecule has 0 unspecified atom stereocenters. The van der Waals surface area contributed by atoms with Crippen LogP contribution in [-0.2, 0) is 10.2 Å². The van der Waals surface area contributed by atoms with Crippen LogP contribution in [0.4, 0.5) is 4.39 Å². The van der Waals surface area contributed by atoms with Crippen LogP contribution in [0.2, 0.25) is 0 Å². The summed E-state index contributed by atoms with van der Waals surface area (Å²) in [6.07, 6.45) is 1.51. The quantitative estimate of drug-likeness (QED) is 0.877. The van der Waals surface area contributed by atoms with Crippen molar-refractivity contribution in [2.24, 2.45) is 0 Å². The van der Waals surface area contributed by atoms with Crippen LogP contribution in [-0.4, -0.2) is 21.0 Å². The minimum absolute atomic E-state index is 0.342. The Morgan fingerprint density at radius 3 is 2.78 bits per heavy atom. The van der Waals surface area contributed by atoms with E-state index in [9.17, 15) is 9.18 Å². The summed E-state index contributed by atoms with van der Waals surface area (Å²) in [5.74, 6) is -0.974. The second-order valence-corrected chi connectivity index (χ2v) is 4.59.